The monoisotopic (exact) mass is 335 g/mol. The molecule has 0 spiro atoms. The molecule has 0 heterocycles. The molecule has 114 valence electrons. The van der Waals surface area contributed by atoms with Crippen LogP contribution in [0.3, 0.4) is 0 Å². The van der Waals surface area contributed by atoms with Crippen LogP contribution in [0, 0.1) is 0 Å². The van der Waals surface area contributed by atoms with Crippen LogP contribution in [0.25, 0.3) is 6.08 Å². The number of sulfone groups is 1. The van der Waals surface area contributed by atoms with Gasteiger partial charge < -0.3 is 5.32 Å². The average Bonchev–Trinajstić information content (AvgIpc) is 2.45. The second-order valence-electron chi connectivity index (χ2n) is 4.65. The highest BCUT2D eigenvalue weighted by atomic mass is 35.5. The number of halogens is 1. The molecule has 2 aromatic carbocycles. The molecular weight excluding hydrogens is 322 g/mol. The Bertz CT molecular complexity index is 829. The van der Waals surface area contributed by atoms with Crippen LogP contribution in [-0.4, -0.2) is 20.6 Å². The highest BCUT2D eigenvalue weighted by Crippen LogP contribution is 2.20. The van der Waals surface area contributed by atoms with Crippen molar-refractivity contribution in [3.63, 3.8) is 0 Å². The first-order valence-electron chi connectivity index (χ1n) is 6.40. The van der Waals surface area contributed by atoms with E-state index in [2.05, 4.69) is 5.32 Å². The number of rotatable bonds is 4. The minimum Gasteiger partial charge on any atom is -0.321 e. The lowest BCUT2D eigenvalue weighted by Gasteiger charge is -2.07. The van der Waals surface area contributed by atoms with Gasteiger partial charge in [0.05, 0.1) is 10.6 Å². The van der Waals surface area contributed by atoms with Gasteiger partial charge in [-0.05, 0) is 35.9 Å². The second kappa shape index (κ2) is 6.77. The first-order chi connectivity index (χ1) is 10.4. The van der Waals surface area contributed by atoms with E-state index in [0.29, 0.717) is 5.02 Å². The summed E-state index contributed by atoms with van der Waals surface area (Å²) < 4.78 is 23.3. The van der Waals surface area contributed by atoms with E-state index in [9.17, 15) is 13.2 Å². The fraction of sp³-hybridized carbons (Fsp3) is 0.0625. The predicted octanol–water partition coefficient (Wildman–Crippen LogP) is 3.40. The third-order valence-corrected chi connectivity index (χ3v) is 4.21. The van der Waals surface area contributed by atoms with Crippen LogP contribution >= 0.6 is 11.6 Å². The van der Waals surface area contributed by atoms with Gasteiger partial charge in [0, 0.05) is 17.4 Å². The predicted molar refractivity (Wildman–Crippen MR) is 88.7 cm³/mol. The standard InChI is InChI=1S/C16H14ClNO3S/c1-22(20,21)15-8-3-2-7-14(15)18-16(19)10-9-12-5-4-6-13(17)11-12/h2-11H,1H3,(H,18,19)/b10-9+. The molecule has 22 heavy (non-hydrogen) atoms. The fourth-order valence-electron chi connectivity index (χ4n) is 1.85. The first kappa shape index (κ1) is 16.3. The molecule has 2 aromatic rings. The maximum atomic E-state index is 11.9. The number of carbonyl (C=O) groups is 1. The summed E-state index contributed by atoms with van der Waals surface area (Å²) in [5.74, 6) is -0.420. The molecule has 0 saturated carbocycles. The first-order valence-corrected chi connectivity index (χ1v) is 8.67. The minimum atomic E-state index is -3.41. The molecular formula is C16H14ClNO3S. The number of hydrogen-bond acceptors (Lipinski definition) is 3. The number of anilines is 1. The SMILES string of the molecule is CS(=O)(=O)c1ccccc1NC(=O)/C=C/c1cccc(Cl)c1. The number of amides is 1. The summed E-state index contributed by atoms with van der Waals surface area (Å²) in [6, 6.07) is 13.3. The molecule has 0 bridgehead atoms. The molecule has 0 saturated heterocycles. The van der Waals surface area contributed by atoms with Gasteiger partial charge in [0.2, 0.25) is 5.91 Å². The summed E-state index contributed by atoms with van der Waals surface area (Å²) in [5, 5.41) is 3.14. The van der Waals surface area contributed by atoms with Crippen molar-refractivity contribution in [2.24, 2.45) is 0 Å². The van der Waals surface area contributed by atoms with Gasteiger partial charge >= 0.3 is 0 Å². The fourth-order valence-corrected chi connectivity index (χ4v) is 2.89. The summed E-state index contributed by atoms with van der Waals surface area (Å²) >= 11 is 5.86. The van der Waals surface area contributed by atoms with Gasteiger partial charge in [0.1, 0.15) is 0 Å². The van der Waals surface area contributed by atoms with Crippen molar-refractivity contribution >= 4 is 39.1 Å². The van der Waals surface area contributed by atoms with E-state index in [1.807, 2.05) is 0 Å². The lowest BCUT2D eigenvalue weighted by Crippen LogP contribution is -2.11. The van der Waals surface area contributed by atoms with Crippen molar-refractivity contribution in [2.45, 2.75) is 4.90 Å². The van der Waals surface area contributed by atoms with Crippen molar-refractivity contribution < 1.29 is 13.2 Å². The van der Waals surface area contributed by atoms with E-state index in [1.54, 1.807) is 48.5 Å². The van der Waals surface area contributed by atoms with Gasteiger partial charge in [-0.2, -0.15) is 0 Å². The van der Waals surface area contributed by atoms with Gasteiger partial charge in [-0.3, -0.25) is 4.79 Å². The van der Waals surface area contributed by atoms with Crippen LogP contribution in [0.1, 0.15) is 5.56 Å². The molecule has 0 aliphatic rings. The Labute approximate surface area is 134 Å². The maximum Gasteiger partial charge on any atom is 0.248 e. The zero-order valence-electron chi connectivity index (χ0n) is 11.8. The number of nitrogens with one attached hydrogen (secondary N) is 1. The molecule has 2 rings (SSSR count). The summed E-state index contributed by atoms with van der Waals surface area (Å²) in [5.41, 5.74) is 1.03. The third kappa shape index (κ3) is 4.44. The topological polar surface area (TPSA) is 63.2 Å². The van der Waals surface area contributed by atoms with Crippen molar-refractivity contribution in [3.05, 3.63) is 65.2 Å². The van der Waals surface area contributed by atoms with Gasteiger partial charge in [0.15, 0.2) is 9.84 Å². The molecule has 0 atom stereocenters. The van der Waals surface area contributed by atoms with Gasteiger partial charge in [-0.25, -0.2) is 8.42 Å². The van der Waals surface area contributed by atoms with Gasteiger partial charge in [-0.15, -0.1) is 0 Å². The number of benzene rings is 2. The Morgan fingerprint density at radius 2 is 1.86 bits per heavy atom. The van der Waals surface area contributed by atoms with E-state index in [1.165, 1.54) is 12.1 Å². The second-order valence-corrected chi connectivity index (χ2v) is 7.07. The van der Waals surface area contributed by atoms with Crippen molar-refractivity contribution in [3.8, 4) is 0 Å². The molecule has 1 amide bonds. The van der Waals surface area contributed by atoms with Crippen LogP contribution in [0.15, 0.2) is 59.5 Å². The summed E-state index contributed by atoms with van der Waals surface area (Å²) in [7, 11) is -3.41. The zero-order chi connectivity index (χ0) is 16.2. The summed E-state index contributed by atoms with van der Waals surface area (Å²) in [4.78, 5) is 12.0. The van der Waals surface area contributed by atoms with Crippen molar-refractivity contribution in [1.29, 1.82) is 0 Å². The Balaban J connectivity index is 2.17. The quantitative estimate of drug-likeness (QED) is 0.871. The molecule has 0 unspecified atom stereocenters. The van der Waals surface area contributed by atoms with Crippen LogP contribution in [0.4, 0.5) is 5.69 Å². The molecule has 0 aliphatic heterocycles. The van der Waals surface area contributed by atoms with E-state index >= 15 is 0 Å². The number of para-hydroxylation sites is 1. The Kier molecular flexibility index (Phi) is 5.00. The van der Waals surface area contributed by atoms with Crippen molar-refractivity contribution in [2.75, 3.05) is 11.6 Å². The summed E-state index contributed by atoms with van der Waals surface area (Å²) in [6.07, 6.45) is 4.02. The van der Waals surface area contributed by atoms with E-state index < -0.39 is 15.7 Å². The Morgan fingerprint density at radius 1 is 1.14 bits per heavy atom. The lowest BCUT2D eigenvalue weighted by atomic mass is 10.2. The van der Waals surface area contributed by atoms with Crippen LogP contribution in [0.2, 0.25) is 5.02 Å². The lowest BCUT2D eigenvalue weighted by molar-refractivity contribution is -0.111. The minimum absolute atomic E-state index is 0.0829. The van der Waals surface area contributed by atoms with Crippen molar-refractivity contribution in [1.82, 2.24) is 0 Å². The van der Waals surface area contributed by atoms with E-state index in [0.717, 1.165) is 11.8 Å². The Morgan fingerprint density at radius 3 is 2.55 bits per heavy atom. The molecule has 1 N–H and O–H groups in total. The highest BCUT2D eigenvalue weighted by molar-refractivity contribution is 7.90. The maximum absolute atomic E-state index is 11.9. The van der Waals surface area contributed by atoms with Gasteiger partial charge in [0.25, 0.3) is 0 Å². The highest BCUT2D eigenvalue weighted by Gasteiger charge is 2.13. The smallest absolute Gasteiger partial charge is 0.248 e. The van der Waals surface area contributed by atoms with E-state index in [4.69, 9.17) is 11.6 Å². The average molecular weight is 336 g/mol. The van der Waals surface area contributed by atoms with Crippen LogP contribution in [0.5, 0.6) is 0 Å². The zero-order valence-corrected chi connectivity index (χ0v) is 13.4. The molecule has 0 aromatic heterocycles. The molecule has 4 nitrogen and oxygen atoms in total. The van der Waals surface area contributed by atoms with Gasteiger partial charge in [-0.1, -0.05) is 35.9 Å². The number of hydrogen-bond donors (Lipinski definition) is 1. The molecule has 0 fully saturated rings. The molecule has 0 aliphatic carbocycles. The third-order valence-electron chi connectivity index (χ3n) is 2.82. The van der Waals surface area contributed by atoms with Crippen LogP contribution < -0.4 is 5.32 Å². The molecule has 0 radical (unpaired) electrons. The normalized spacial score (nSPS) is 11.5. The van der Waals surface area contributed by atoms with Crippen LogP contribution in [-0.2, 0) is 14.6 Å². The Hall–Kier alpha value is -2.11. The summed E-state index contributed by atoms with van der Waals surface area (Å²) in [6.45, 7) is 0. The largest absolute Gasteiger partial charge is 0.321 e. The number of carbonyl (C=O) groups excluding carboxylic acids is 1. The molecule has 6 heteroatoms. The van der Waals surface area contributed by atoms with E-state index in [-0.39, 0.29) is 10.6 Å².